The lowest BCUT2D eigenvalue weighted by Gasteiger charge is -2.20. The summed E-state index contributed by atoms with van der Waals surface area (Å²) < 4.78 is 0. The summed E-state index contributed by atoms with van der Waals surface area (Å²) in [6, 6.07) is 0. The number of hydrogen-bond donors (Lipinski definition) is 2. The summed E-state index contributed by atoms with van der Waals surface area (Å²) in [6.07, 6.45) is 3.26. The zero-order valence-electron chi connectivity index (χ0n) is 9.51. The van der Waals surface area contributed by atoms with E-state index in [0.717, 1.165) is 25.9 Å². The average Bonchev–Trinajstić information content (AvgIpc) is 2.78. The zero-order chi connectivity index (χ0) is 12.3. The van der Waals surface area contributed by atoms with Crippen LogP contribution >= 0.6 is 11.6 Å². The van der Waals surface area contributed by atoms with Crippen LogP contribution in [0.1, 0.15) is 18.4 Å². The van der Waals surface area contributed by atoms with E-state index in [-0.39, 0.29) is 13.2 Å². The maximum atomic E-state index is 9.30. The van der Waals surface area contributed by atoms with Crippen LogP contribution in [0.15, 0.2) is 6.33 Å². The Morgan fingerprint density at radius 1 is 1.41 bits per heavy atom. The molecule has 0 bridgehead atoms. The molecular weight excluding hydrogens is 242 g/mol. The third-order valence-electron chi connectivity index (χ3n) is 3.15. The molecule has 1 unspecified atom stereocenters. The van der Waals surface area contributed by atoms with Crippen LogP contribution in [-0.4, -0.2) is 39.9 Å². The van der Waals surface area contributed by atoms with Gasteiger partial charge in [0.15, 0.2) is 0 Å². The van der Waals surface area contributed by atoms with Gasteiger partial charge in [-0.3, -0.25) is 0 Å². The highest BCUT2D eigenvalue weighted by atomic mass is 35.5. The van der Waals surface area contributed by atoms with Gasteiger partial charge >= 0.3 is 0 Å². The first kappa shape index (κ1) is 12.5. The smallest absolute Gasteiger partial charge is 0.140 e. The highest BCUT2D eigenvalue weighted by Crippen LogP contribution is 2.29. The normalized spacial score (nSPS) is 19.9. The van der Waals surface area contributed by atoms with Crippen LogP contribution in [-0.2, 0) is 6.61 Å². The number of rotatable bonds is 4. The second kappa shape index (κ2) is 5.62. The number of aliphatic hydroxyl groups excluding tert-OH is 2. The molecule has 0 amide bonds. The summed E-state index contributed by atoms with van der Waals surface area (Å²) >= 11 is 5.93. The predicted octanol–water partition coefficient (Wildman–Crippen LogP) is 0.831. The standard InChI is InChI=1S/C11H16ClN3O2/c12-10-9(6-17)11(14-7-13-10)15-3-1-8(5-15)2-4-16/h7-8,16-17H,1-6H2. The average molecular weight is 258 g/mol. The number of hydrogen-bond acceptors (Lipinski definition) is 5. The number of nitrogens with zero attached hydrogens (tertiary/aromatic N) is 3. The van der Waals surface area contributed by atoms with E-state index in [4.69, 9.17) is 16.7 Å². The summed E-state index contributed by atoms with van der Waals surface area (Å²) in [6.45, 7) is 1.79. The molecule has 17 heavy (non-hydrogen) atoms. The Hall–Kier alpha value is -0.910. The molecule has 0 aliphatic carbocycles. The minimum absolute atomic E-state index is 0.157. The minimum Gasteiger partial charge on any atom is -0.396 e. The summed E-state index contributed by atoms with van der Waals surface area (Å²) in [7, 11) is 0. The van der Waals surface area contributed by atoms with E-state index in [9.17, 15) is 5.11 Å². The molecule has 0 spiro atoms. The van der Waals surface area contributed by atoms with Crippen molar-refractivity contribution < 1.29 is 10.2 Å². The van der Waals surface area contributed by atoms with E-state index in [2.05, 4.69) is 14.9 Å². The fourth-order valence-corrected chi connectivity index (χ4v) is 2.42. The van der Waals surface area contributed by atoms with E-state index < -0.39 is 0 Å². The predicted molar refractivity (Wildman–Crippen MR) is 65.0 cm³/mol. The van der Waals surface area contributed by atoms with E-state index in [1.54, 1.807) is 0 Å². The van der Waals surface area contributed by atoms with E-state index in [1.807, 2.05) is 0 Å². The first-order chi connectivity index (χ1) is 8.26. The Balaban J connectivity index is 2.15. The molecule has 0 radical (unpaired) electrons. The SMILES string of the molecule is OCCC1CCN(c2ncnc(Cl)c2CO)C1. The van der Waals surface area contributed by atoms with Gasteiger partial charge in [-0.15, -0.1) is 0 Å². The molecule has 1 saturated heterocycles. The topological polar surface area (TPSA) is 69.5 Å². The van der Waals surface area contributed by atoms with Crippen molar-refractivity contribution in [1.82, 2.24) is 9.97 Å². The molecule has 1 aliphatic rings. The minimum atomic E-state index is -0.157. The molecule has 94 valence electrons. The van der Waals surface area contributed by atoms with Crippen molar-refractivity contribution in [3.8, 4) is 0 Å². The van der Waals surface area contributed by atoms with Crippen LogP contribution in [0.5, 0.6) is 0 Å². The molecule has 2 N–H and O–H groups in total. The number of aliphatic hydroxyl groups is 2. The zero-order valence-corrected chi connectivity index (χ0v) is 10.3. The Morgan fingerprint density at radius 2 is 2.24 bits per heavy atom. The second-order valence-corrected chi connectivity index (χ2v) is 4.60. The quantitative estimate of drug-likeness (QED) is 0.782. The maximum Gasteiger partial charge on any atom is 0.140 e. The van der Waals surface area contributed by atoms with E-state index >= 15 is 0 Å². The highest BCUT2D eigenvalue weighted by Gasteiger charge is 2.25. The Labute approximate surface area is 105 Å². The van der Waals surface area contributed by atoms with Gasteiger partial charge in [0.2, 0.25) is 0 Å². The van der Waals surface area contributed by atoms with Crippen LogP contribution in [0.25, 0.3) is 0 Å². The van der Waals surface area contributed by atoms with Gasteiger partial charge in [-0.2, -0.15) is 0 Å². The summed E-state index contributed by atoms with van der Waals surface area (Å²) in [5.74, 6) is 1.20. The first-order valence-electron chi connectivity index (χ1n) is 5.72. The molecule has 2 heterocycles. The van der Waals surface area contributed by atoms with E-state index in [1.165, 1.54) is 6.33 Å². The van der Waals surface area contributed by atoms with Crippen LogP contribution in [0.2, 0.25) is 5.15 Å². The van der Waals surface area contributed by atoms with Crippen LogP contribution in [0.3, 0.4) is 0 Å². The van der Waals surface area contributed by atoms with Gasteiger partial charge in [-0.05, 0) is 18.8 Å². The molecule has 1 aromatic rings. The number of anilines is 1. The molecule has 1 fully saturated rings. The van der Waals surface area contributed by atoms with E-state index in [0.29, 0.717) is 22.5 Å². The molecule has 0 saturated carbocycles. The lowest BCUT2D eigenvalue weighted by atomic mass is 10.1. The Kier molecular flexibility index (Phi) is 4.15. The fourth-order valence-electron chi connectivity index (χ4n) is 2.23. The van der Waals surface area contributed by atoms with Gasteiger partial charge in [0.25, 0.3) is 0 Å². The first-order valence-corrected chi connectivity index (χ1v) is 6.10. The molecular formula is C11H16ClN3O2. The monoisotopic (exact) mass is 257 g/mol. The highest BCUT2D eigenvalue weighted by molar-refractivity contribution is 6.30. The third kappa shape index (κ3) is 2.68. The molecule has 5 nitrogen and oxygen atoms in total. The Morgan fingerprint density at radius 3 is 2.94 bits per heavy atom. The van der Waals surface area contributed by atoms with Crippen molar-refractivity contribution in [2.24, 2.45) is 5.92 Å². The Bertz CT molecular complexity index is 389. The summed E-state index contributed by atoms with van der Waals surface area (Å²) in [5.41, 5.74) is 0.582. The van der Waals surface area contributed by atoms with Crippen molar-refractivity contribution in [2.45, 2.75) is 19.4 Å². The largest absolute Gasteiger partial charge is 0.396 e. The molecule has 2 rings (SSSR count). The lowest BCUT2D eigenvalue weighted by molar-refractivity contribution is 0.263. The van der Waals surface area contributed by atoms with Crippen molar-refractivity contribution in [2.75, 3.05) is 24.6 Å². The summed E-state index contributed by atoms with van der Waals surface area (Å²) in [4.78, 5) is 10.2. The fraction of sp³-hybridized carbons (Fsp3) is 0.636. The van der Waals surface area contributed by atoms with Crippen LogP contribution < -0.4 is 4.90 Å². The molecule has 1 aromatic heterocycles. The molecule has 6 heteroatoms. The molecule has 1 aliphatic heterocycles. The van der Waals surface area contributed by atoms with Gasteiger partial charge in [0, 0.05) is 19.7 Å². The molecule has 0 aromatic carbocycles. The van der Waals surface area contributed by atoms with Crippen LogP contribution in [0, 0.1) is 5.92 Å². The van der Waals surface area contributed by atoms with Gasteiger partial charge in [0.1, 0.15) is 17.3 Å². The van der Waals surface area contributed by atoms with Gasteiger partial charge < -0.3 is 15.1 Å². The van der Waals surface area contributed by atoms with Gasteiger partial charge in [0.05, 0.1) is 12.2 Å². The summed E-state index contributed by atoms with van der Waals surface area (Å²) in [5, 5.41) is 18.5. The third-order valence-corrected chi connectivity index (χ3v) is 3.48. The van der Waals surface area contributed by atoms with Gasteiger partial charge in [-0.1, -0.05) is 11.6 Å². The van der Waals surface area contributed by atoms with Crippen molar-refractivity contribution >= 4 is 17.4 Å². The maximum absolute atomic E-state index is 9.30. The van der Waals surface area contributed by atoms with Crippen molar-refractivity contribution in [3.05, 3.63) is 17.0 Å². The molecule has 1 atom stereocenters. The van der Waals surface area contributed by atoms with Crippen molar-refractivity contribution in [1.29, 1.82) is 0 Å². The number of halogens is 1. The second-order valence-electron chi connectivity index (χ2n) is 4.24. The van der Waals surface area contributed by atoms with Crippen LogP contribution in [0.4, 0.5) is 5.82 Å². The van der Waals surface area contributed by atoms with Gasteiger partial charge in [-0.25, -0.2) is 9.97 Å². The number of aromatic nitrogens is 2. The van der Waals surface area contributed by atoms with Crippen molar-refractivity contribution in [3.63, 3.8) is 0 Å². The lowest BCUT2D eigenvalue weighted by Crippen LogP contribution is -2.23.